The molecule has 0 spiro atoms. The molecule has 2 rings (SSSR count). The van der Waals surface area contributed by atoms with E-state index in [1.165, 1.54) is 18.2 Å². The summed E-state index contributed by atoms with van der Waals surface area (Å²) in [5.74, 6) is -0.00735. The van der Waals surface area contributed by atoms with Crippen LogP contribution in [-0.2, 0) is 0 Å². The largest absolute Gasteiger partial charge is 0.396 e. The third kappa shape index (κ3) is 5.06. The molecule has 1 atom stereocenters. The molecule has 0 aliphatic heterocycles. The van der Waals surface area contributed by atoms with Gasteiger partial charge >= 0.3 is 6.03 Å². The van der Waals surface area contributed by atoms with Crippen LogP contribution < -0.4 is 10.6 Å². The van der Waals surface area contributed by atoms with Gasteiger partial charge in [0, 0.05) is 36.9 Å². The predicted octanol–water partition coefficient (Wildman–Crippen LogP) is 2.88. The Kier molecular flexibility index (Phi) is 6.27. The van der Waals surface area contributed by atoms with Crippen molar-refractivity contribution < 1.29 is 14.8 Å². The van der Waals surface area contributed by atoms with E-state index >= 15 is 0 Å². The van der Waals surface area contributed by atoms with Gasteiger partial charge in [0.2, 0.25) is 0 Å². The van der Waals surface area contributed by atoms with Gasteiger partial charge in [-0.05, 0) is 18.1 Å². The van der Waals surface area contributed by atoms with Gasteiger partial charge in [0.15, 0.2) is 0 Å². The lowest BCUT2D eigenvalue weighted by Crippen LogP contribution is -2.32. The van der Waals surface area contributed by atoms with Crippen LogP contribution in [0, 0.1) is 10.1 Å². The molecule has 0 aliphatic rings. The number of non-ortho nitro benzene ring substituents is 1. The van der Waals surface area contributed by atoms with E-state index in [9.17, 15) is 20.0 Å². The number of carbonyl (C=O) groups is 1. The van der Waals surface area contributed by atoms with Gasteiger partial charge in [-0.25, -0.2) is 4.79 Å². The van der Waals surface area contributed by atoms with E-state index in [0.717, 1.165) is 5.56 Å². The molecule has 0 aliphatic carbocycles. The van der Waals surface area contributed by atoms with Gasteiger partial charge in [0.05, 0.1) is 4.92 Å². The van der Waals surface area contributed by atoms with Crippen molar-refractivity contribution in [2.75, 3.05) is 18.5 Å². The average molecular weight is 329 g/mol. The Morgan fingerprint density at radius 3 is 2.58 bits per heavy atom. The molecule has 0 saturated heterocycles. The lowest BCUT2D eigenvalue weighted by atomic mass is 9.96. The van der Waals surface area contributed by atoms with Crippen LogP contribution in [0.5, 0.6) is 0 Å². The predicted molar refractivity (Wildman–Crippen MR) is 91.0 cm³/mol. The number of hydrogen-bond donors (Lipinski definition) is 3. The number of urea groups is 1. The summed E-state index contributed by atoms with van der Waals surface area (Å²) in [6.07, 6.45) is 0.529. The molecule has 0 aromatic heterocycles. The van der Waals surface area contributed by atoms with Crippen molar-refractivity contribution >= 4 is 17.4 Å². The molecule has 7 nitrogen and oxygen atoms in total. The van der Waals surface area contributed by atoms with Crippen LogP contribution in [0.15, 0.2) is 54.6 Å². The van der Waals surface area contributed by atoms with Crippen LogP contribution in [0.2, 0.25) is 0 Å². The highest BCUT2D eigenvalue weighted by molar-refractivity contribution is 5.89. The second kappa shape index (κ2) is 8.64. The van der Waals surface area contributed by atoms with Crippen LogP contribution in [-0.4, -0.2) is 29.2 Å². The molecule has 0 radical (unpaired) electrons. The van der Waals surface area contributed by atoms with E-state index in [4.69, 9.17) is 0 Å². The molecule has 0 fully saturated rings. The number of rotatable bonds is 7. The Labute approximate surface area is 139 Å². The summed E-state index contributed by atoms with van der Waals surface area (Å²) in [4.78, 5) is 22.2. The maximum absolute atomic E-state index is 12.0. The maximum Gasteiger partial charge on any atom is 0.319 e. The number of aliphatic hydroxyl groups excluding tert-OH is 1. The third-order valence-electron chi connectivity index (χ3n) is 3.57. The molecule has 2 aromatic rings. The second-order valence-electron chi connectivity index (χ2n) is 5.26. The van der Waals surface area contributed by atoms with E-state index in [1.54, 1.807) is 6.07 Å². The Balaban J connectivity index is 1.94. The van der Waals surface area contributed by atoms with Crippen molar-refractivity contribution in [2.45, 2.75) is 12.3 Å². The minimum atomic E-state index is -0.518. The number of amides is 2. The Bertz CT molecular complexity index is 691. The third-order valence-corrected chi connectivity index (χ3v) is 3.57. The zero-order valence-corrected chi connectivity index (χ0v) is 13.0. The number of nitrogens with one attached hydrogen (secondary N) is 2. The minimum Gasteiger partial charge on any atom is -0.396 e. The first-order valence-corrected chi connectivity index (χ1v) is 7.55. The smallest absolute Gasteiger partial charge is 0.319 e. The summed E-state index contributed by atoms with van der Waals surface area (Å²) >= 11 is 0. The van der Waals surface area contributed by atoms with Crippen molar-refractivity contribution in [3.63, 3.8) is 0 Å². The summed E-state index contributed by atoms with van der Waals surface area (Å²) in [7, 11) is 0. The number of hydrogen-bond acceptors (Lipinski definition) is 4. The molecule has 0 bridgehead atoms. The average Bonchev–Trinajstić information content (AvgIpc) is 2.59. The lowest BCUT2D eigenvalue weighted by molar-refractivity contribution is -0.384. The normalized spacial score (nSPS) is 11.5. The number of nitro benzene ring substituents is 1. The zero-order valence-electron chi connectivity index (χ0n) is 13.0. The quantitative estimate of drug-likeness (QED) is 0.536. The monoisotopic (exact) mass is 329 g/mol. The number of benzene rings is 2. The fourth-order valence-corrected chi connectivity index (χ4v) is 2.36. The van der Waals surface area contributed by atoms with Crippen molar-refractivity contribution in [1.29, 1.82) is 0 Å². The van der Waals surface area contributed by atoms with Crippen molar-refractivity contribution in [1.82, 2.24) is 5.32 Å². The van der Waals surface area contributed by atoms with Gasteiger partial charge in [-0.2, -0.15) is 0 Å². The van der Waals surface area contributed by atoms with Crippen molar-refractivity contribution in [2.24, 2.45) is 0 Å². The van der Waals surface area contributed by atoms with E-state index in [-0.39, 0.29) is 18.2 Å². The number of nitrogens with zero attached hydrogens (tertiary/aromatic N) is 1. The maximum atomic E-state index is 12.0. The molecule has 2 aromatic carbocycles. The van der Waals surface area contributed by atoms with Gasteiger partial charge in [-0.15, -0.1) is 0 Å². The van der Waals surface area contributed by atoms with Gasteiger partial charge in [0.25, 0.3) is 5.69 Å². The van der Waals surface area contributed by atoms with E-state index < -0.39 is 11.0 Å². The van der Waals surface area contributed by atoms with Gasteiger partial charge in [-0.1, -0.05) is 36.4 Å². The first kappa shape index (κ1) is 17.4. The highest BCUT2D eigenvalue weighted by Gasteiger charge is 2.13. The molecule has 0 heterocycles. The number of aliphatic hydroxyl groups is 1. The molecule has 0 saturated carbocycles. The molecule has 126 valence electrons. The van der Waals surface area contributed by atoms with Crippen LogP contribution in [0.3, 0.4) is 0 Å². The standard InChI is InChI=1S/C17H19N3O4/c21-10-9-14(13-5-2-1-3-6-13)12-18-17(22)19-15-7-4-8-16(11-15)20(23)24/h1-8,11,14,21H,9-10,12H2,(H2,18,19,22). The summed E-state index contributed by atoms with van der Waals surface area (Å²) < 4.78 is 0. The number of carbonyl (C=O) groups excluding carboxylic acids is 1. The van der Waals surface area contributed by atoms with E-state index in [1.807, 2.05) is 30.3 Å². The highest BCUT2D eigenvalue weighted by atomic mass is 16.6. The fourth-order valence-electron chi connectivity index (χ4n) is 2.36. The van der Waals surface area contributed by atoms with Crippen LogP contribution in [0.1, 0.15) is 17.9 Å². The Hall–Kier alpha value is -2.93. The SMILES string of the molecule is O=C(NCC(CCO)c1ccccc1)Nc1cccc([N+](=O)[O-])c1. The summed E-state index contributed by atoms with van der Waals surface area (Å²) in [6, 6.07) is 14.9. The van der Waals surface area contributed by atoms with E-state index in [0.29, 0.717) is 18.7 Å². The number of nitro groups is 1. The van der Waals surface area contributed by atoms with Crippen molar-refractivity contribution in [3.8, 4) is 0 Å². The molecule has 7 heteroatoms. The molecule has 24 heavy (non-hydrogen) atoms. The van der Waals surface area contributed by atoms with Crippen molar-refractivity contribution in [3.05, 3.63) is 70.3 Å². The highest BCUT2D eigenvalue weighted by Crippen LogP contribution is 2.19. The topological polar surface area (TPSA) is 104 Å². The Morgan fingerprint density at radius 1 is 1.17 bits per heavy atom. The van der Waals surface area contributed by atoms with Gasteiger partial charge < -0.3 is 15.7 Å². The zero-order chi connectivity index (χ0) is 17.4. The summed E-state index contributed by atoms with van der Waals surface area (Å²) in [5.41, 5.74) is 1.29. The molecule has 1 unspecified atom stereocenters. The molecule has 3 N–H and O–H groups in total. The van der Waals surface area contributed by atoms with Gasteiger partial charge in [0.1, 0.15) is 0 Å². The van der Waals surface area contributed by atoms with Crippen LogP contribution in [0.25, 0.3) is 0 Å². The lowest BCUT2D eigenvalue weighted by Gasteiger charge is -2.17. The summed E-state index contributed by atoms with van der Waals surface area (Å²) in [5, 5.41) is 25.2. The molecular weight excluding hydrogens is 310 g/mol. The number of anilines is 1. The van der Waals surface area contributed by atoms with Crippen LogP contribution >= 0.6 is 0 Å². The molecular formula is C17H19N3O4. The first-order chi connectivity index (χ1) is 11.6. The summed E-state index contributed by atoms with van der Waals surface area (Å²) in [6.45, 7) is 0.374. The second-order valence-corrected chi connectivity index (χ2v) is 5.26. The Morgan fingerprint density at radius 2 is 1.92 bits per heavy atom. The minimum absolute atomic E-state index is 0.00735. The van der Waals surface area contributed by atoms with Gasteiger partial charge in [-0.3, -0.25) is 10.1 Å². The van der Waals surface area contributed by atoms with E-state index in [2.05, 4.69) is 10.6 Å². The first-order valence-electron chi connectivity index (χ1n) is 7.55. The van der Waals surface area contributed by atoms with Crippen LogP contribution in [0.4, 0.5) is 16.2 Å². The fraction of sp³-hybridized carbons (Fsp3) is 0.235. The molecule has 2 amide bonds.